The van der Waals surface area contributed by atoms with E-state index in [1.165, 1.54) is 0 Å². The first-order chi connectivity index (χ1) is 12.7. The van der Waals surface area contributed by atoms with E-state index in [0.29, 0.717) is 10.0 Å². The number of aromatic nitrogens is 2. The van der Waals surface area contributed by atoms with Crippen molar-refractivity contribution in [1.29, 1.82) is 0 Å². The molecule has 0 aliphatic rings. The summed E-state index contributed by atoms with van der Waals surface area (Å²) in [4.78, 5) is 8.84. The van der Waals surface area contributed by atoms with E-state index in [2.05, 4.69) is 33.5 Å². The van der Waals surface area contributed by atoms with E-state index in [4.69, 9.17) is 23.2 Å². The molecule has 0 aliphatic heterocycles. The highest BCUT2D eigenvalue weighted by molar-refractivity contribution is 6.42. The van der Waals surface area contributed by atoms with Gasteiger partial charge in [0.2, 0.25) is 0 Å². The second-order valence-electron chi connectivity index (χ2n) is 5.89. The zero-order valence-corrected chi connectivity index (χ0v) is 15.2. The molecule has 0 radical (unpaired) electrons. The van der Waals surface area contributed by atoms with E-state index in [-0.39, 0.29) is 6.04 Å². The molecule has 0 bridgehead atoms. The normalized spacial score (nSPS) is 12.1. The standard InChI is InChI=1S/C21H15Cl2N3/c22-17-7-3-6-16(20(17)23)21(26-19-8-1-2-11-25-19)15-10-9-14-5-4-12-24-18(14)13-15/h1-13,21H,(H,25,26). The Hall–Kier alpha value is -2.62. The molecular weight excluding hydrogens is 365 g/mol. The quantitative estimate of drug-likeness (QED) is 0.462. The summed E-state index contributed by atoms with van der Waals surface area (Å²) in [5.74, 6) is 0.759. The number of anilines is 1. The highest BCUT2D eigenvalue weighted by Crippen LogP contribution is 2.35. The first-order valence-electron chi connectivity index (χ1n) is 8.18. The lowest BCUT2D eigenvalue weighted by Crippen LogP contribution is -2.14. The molecule has 3 nitrogen and oxygen atoms in total. The lowest BCUT2D eigenvalue weighted by molar-refractivity contribution is 0.928. The van der Waals surface area contributed by atoms with Gasteiger partial charge in [-0.3, -0.25) is 4.98 Å². The molecule has 2 aromatic heterocycles. The van der Waals surface area contributed by atoms with E-state index < -0.39 is 0 Å². The number of rotatable bonds is 4. The van der Waals surface area contributed by atoms with E-state index >= 15 is 0 Å². The number of pyridine rings is 2. The Labute approximate surface area is 161 Å². The average Bonchev–Trinajstić information content (AvgIpc) is 2.69. The molecule has 1 unspecified atom stereocenters. The predicted molar refractivity (Wildman–Crippen MR) is 108 cm³/mol. The minimum Gasteiger partial charge on any atom is -0.359 e. The second-order valence-corrected chi connectivity index (χ2v) is 6.68. The van der Waals surface area contributed by atoms with Gasteiger partial charge in [-0.05, 0) is 41.5 Å². The van der Waals surface area contributed by atoms with Crippen LogP contribution in [0.25, 0.3) is 10.9 Å². The van der Waals surface area contributed by atoms with Crippen molar-refractivity contribution < 1.29 is 0 Å². The van der Waals surface area contributed by atoms with Crippen LogP contribution in [0.15, 0.2) is 79.1 Å². The summed E-state index contributed by atoms with van der Waals surface area (Å²) in [5, 5.41) is 5.61. The number of hydrogen-bond donors (Lipinski definition) is 1. The van der Waals surface area contributed by atoms with Crippen LogP contribution in [0.1, 0.15) is 17.2 Å². The van der Waals surface area contributed by atoms with Crippen molar-refractivity contribution in [2.45, 2.75) is 6.04 Å². The van der Waals surface area contributed by atoms with Crippen molar-refractivity contribution in [3.05, 3.63) is 100 Å². The third-order valence-corrected chi connectivity index (χ3v) is 5.05. The molecule has 0 amide bonds. The number of benzene rings is 2. The van der Waals surface area contributed by atoms with Gasteiger partial charge in [0.15, 0.2) is 0 Å². The topological polar surface area (TPSA) is 37.8 Å². The van der Waals surface area contributed by atoms with Gasteiger partial charge in [0.05, 0.1) is 21.6 Å². The Morgan fingerprint density at radius 3 is 2.54 bits per heavy atom. The van der Waals surface area contributed by atoms with Gasteiger partial charge in [-0.2, -0.15) is 0 Å². The van der Waals surface area contributed by atoms with Gasteiger partial charge in [0, 0.05) is 17.8 Å². The van der Waals surface area contributed by atoms with Crippen molar-refractivity contribution >= 4 is 39.9 Å². The molecule has 5 heteroatoms. The Bertz CT molecular complexity index is 1050. The Morgan fingerprint density at radius 1 is 0.808 bits per heavy atom. The lowest BCUT2D eigenvalue weighted by Gasteiger charge is -2.22. The summed E-state index contributed by atoms with van der Waals surface area (Å²) in [6, 6.07) is 21.4. The third-order valence-electron chi connectivity index (χ3n) is 4.21. The minimum absolute atomic E-state index is 0.206. The molecule has 1 N–H and O–H groups in total. The molecular formula is C21H15Cl2N3. The number of hydrogen-bond acceptors (Lipinski definition) is 3. The summed E-state index contributed by atoms with van der Waals surface area (Å²) >= 11 is 12.8. The lowest BCUT2D eigenvalue weighted by atomic mass is 9.97. The molecule has 26 heavy (non-hydrogen) atoms. The van der Waals surface area contributed by atoms with Crippen LogP contribution in [0.2, 0.25) is 10.0 Å². The zero-order valence-electron chi connectivity index (χ0n) is 13.7. The summed E-state index contributed by atoms with van der Waals surface area (Å²) in [5.41, 5.74) is 2.85. The third kappa shape index (κ3) is 3.36. The molecule has 0 aliphatic carbocycles. The molecule has 2 aromatic carbocycles. The van der Waals surface area contributed by atoms with Crippen molar-refractivity contribution in [1.82, 2.24) is 9.97 Å². The van der Waals surface area contributed by atoms with E-state index in [1.54, 1.807) is 18.5 Å². The van der Waals surface area contributed by atoms with Crippen LogP contribution >= 0.6 is 23.2 Å². The molecule has 0 saturated carbocycles. The highest BCUT2D eigenvalue weighted by atomic mass is 35.5. The fourth-order valence-electron chi connectivity index (χ4n) is 2.94. The average molecular weight is 380 g/mol. The summed E-state index contributed by atoms with van der Waals surface area (Å²) in [6.07, 6.45) is 3.54. The van der Waals surface area contributed by atoms with Crippen LogP contribution in [0, 0.1) is 0 Å². The fourth-order valence-corrected chi connectivity index (χ4v) is 3.36. The molecule has 0 spiro atoms. The summed E-state index contributed by atoms with van der Waals surface area (Å²) in [7, 11) is 0. The van der Waals surface area contributed by atoms with E-state index in [0.717, 1.165) is 27.8 Å². The molecule has 2 heterocycles. The van der Waals surface area contributed by atoms with Gasteiger partial charge in [-0.15, -0.1) is 0 Å². The Kier molecular flexibility index (Phi) is 4.74. The Morgan fingerprint density at radius 2 is 1.69 bits per heavy atom. The van der Waals surface area contributed by atoms with Gasteiger partial charge in [-0.25, -0.2) is 4.98 Å². The smallest absolute Gasteiger partial charge is 0.126 e. The molecule has 128 valence electrons. The van der Waals surface area contributed by atoms with Crippen molar-refractivity contribution in [2.24, 2.45) is 0 Å². The van der Waals surface area contributed by atoms with Crippen LogP contribution < -0.4 is 5.32 Å². The summed E-state index contributed by atoms with van der Waals surface area (Å²) < 4.78 is 0. The largest absolute Gasteiger partial charge is 0.359 e. The zero-order chi connectivity index (χ0) is 17.9. The second kappa shape index (κ2) is 7.32. The maximum Gasteiger partial charge on any atom is 0.126 e. The number of fused-ring (bicyclic) bond motifs is 1. The number of nitrogens with one attached hydrogen (secondary N) is 1. The SMILES string of the molecule is Clc1cccc(C(Nc2ccccn2)c2ccc3cccnc3c2)c1Cl. The van der Waals surface area contributed by atoms with Gasteiger partial charge in [0.1, 0.15) is 5.82 Å². The van der Waals surface area contributed by atoms with Crippen molar-refractivity contribution in [2.75, 3.05) is 5.32 Å². The fraction of sp³-hybridized carbons (Fsp3) is 0.0476. The first kappa shape index (κ1) is 16.8. The molecule has 0 saturated heterocycles. The first-order valence-corrected chi connectivity index (χ1v) is 8.94. The Balaban J connectivity index is 1.84. The van der Waals surface area contributed by atoms with Crippen LogP contribution in [-0.2, 0) is 0 Å². The molecule has 1 atom stereocenters. The van der Waals surface area contributed by atoms with Gasteiger partial charge in [0.25, 0.3) is 0 Å². The van der Waals surface area contributed by atoms with E-state index in [1.807, 2.05) is 42.5 Å². The maximum absolute atomic E-state index is 6.51. The summed E-state index contributed by atoms with van der Waals surface area (Å²) in [6.45, 7) is 0. The predicted octanol–water partition coefficient (Wildman–Crippen LogP) is 6.14. The highest BCUT2D eigenvalue weighted by Gasteiger charge is 2.19. The van der Waals surface area contributed by atoms with Crippen LogP contribution in [-0.4, -0.2) is 9.97 Å². The van der Waals surface area contributed by atoms with Gasteiger partial charge < -0.3 is 5.32 Å². The molecule has 4 rings (SSSR count). The monoisotopic (exact) mass is 379 g/mol. The van der Waals surface area contributed by atoms with Crippen LogP contribution in [0.5, 0.6) is 0 Å². The number of halogens is 2. The van der Waals surface area contributed by atoms with E-state index in [9.17, 15) is 0 Å². The van der Waals surface area contributed by atoms with Gasteiger partial charge >= 0.3 is 0 Å². The maximum atomic E-state index is 6.51. The van der Waals surface area contributed by atoms with Gasteiger partial charge in [-0.1, -0.05) is 59.6 Å². The van der Waals surface area contributed by atoms with Crippen LogP contribution in [0.4, 0.5) is 5.82 Å². The molecule has 0 fully saturated rings. The molecule has 4 aromatic rings. The minimum atomic E-state index is -0.206. The number of nitrogens with zero attached hydrogens (tertiary/aromatic N) is 2. The van der Waals surface area contributed by atoms with Crippen LogP contribution in [0.3, 0.4) is 0 Å². The van der Waals surface area contributed by atoms with Crippen molar-refractivity contribution in [3.8, 4) is 0 Å². The van der Waals surface area contributed by atoms with Crippen molar-refractivity contribution in [3.63, 3.8) is 0 Å².